The second-order valence-electron chi connectivity index (χ2n) is 5.07. The highest BCUT2D eigenvalue weighted by atomic mass is 16.1. The third-order valence-corrected chi connectivity index (χ3v) is 3.26. The Hall–Kier alpha value is -2.43. The summed E-state index contributed by atoms with van der Waals surface area (Å²) in [7, 11) is 0. The van der Waals surface area contributed by atoms with Gasteiger partial charge in [0, 0.05) is 12.7 Å². The molecule has 0 aliphatic carbocycles. The summed E-state index contributed by atoms with van der Waals surface area (Å²) in [6.07, 6.45) is 6.97. The molecule has 2 aromatic heterocycles. The standard InChI is InChI=1S/C17H22N4O/c1-2-3-5-10-19-15-8-9-16(20-12-15)17(22)21-13-14-7-4-6-11-18-14/h4,6-9,11-12,19H,2-3,5,10,13H2,1H3,(H,21,22). The first-order chi connectivity index (χ1) is 10.8. The van der Waals surface area contributed by atoms with E-state index >= 15 is 0 Å². The van der Waals surface area contributed by atoms with Crippen molar-refractivity contribution in [3.05, 3.63) is 54.1 Å². The van der Waals surface area contributed by atoms with Crippen molar-refractivity contribution >= 4 is 11.6 Å². The molecule has 0 aliphatic rings. The summed E-state index contributed by atoms with van der Waals surface area (Å²) in [5.41, 5.74) is 2.18. The maximum Gasteiger partial charge on any atom is 0.270 e. The molecule has 0 saturated heterocycles. The number of carbonyl (C=O) groups excluding carboxylic acids is 1. The molecule has 5 heteroatoms. The zero-order chi connectivity index (χ0) is 15.6. The van der Waals surface area contributed by atoms with Gasteiger partial charge in [0.2, 0.25) is 0 Å². The summed E-state index contributed by atoms with van der Waals surface area (Å²) in [5, 5.41) is 6.11. The molecule has 0 bridgehead atoms. The first-order valence-electron chi connectivity index (χ1n) is 7.67. The fraction of sp³-hybridized carbons (Fsp3) is 0.353. The Kier molecular flexibility index (Phi) is 6.36. The van der Waals surface area contributed by atoms with Crippen LogP contribution in [0, 0.1) is 0 Å². The predicted molar refractivity (Wildman–Crippen MR) is 87.7 cm³/mol. The van der Waals surface area contributed by atoms with E-state index in [0.29, 0.717) is 12.2 Å². The highest BCUT2D eigenvalue weighted by molar-refractivity contribution is 5.92. The molecule has 0 spiro atoms. The second kappa shape index (κ2) is 8.77. The van der Waals surface area contributed by atoms with Crippen LogP contribution in [0.4, 0.5) is 5.69 Å². The quantitative estimate of drug-likeness (QED) is 0.735. The largest absolute Gasteiger partial charge is 0.384 e. The van der Waals surface area contributed by atoms with Crippen molar-refractivity contribution in [2.75, 3.05) is 11.9 Å². The average molecular weight is 298 g/mol. The molecular weight excluding hydrogens is 276 g/mol. The molecular formula is C17H22N4O. The van der Waals surface area contributed by atoms with Crippen LogP contribution < -0.4 is 10.6 Å². The number of aromatic nitrogens is 2. The number of hydrogen-bond acceptors (Lipinski definition) is 4. The van der Waals surface area contributed by atoms with E-state index in [-0.39, 0.29) is 5.91 Å². The van der Waals surface area contributed by atoms with Gasteiger partial charge >= 0.3 is 0 Å². The Balaban J connectivity index is 1.80. The van der Waals surface area contributed by atoms with Crippen molar-refractivity contribution in [2.24, 2.45) is 0 Å². The molecule has 2 aromatic rings. The minimum atomic E-state index is -0.191. The lowest BCUT2D eigenvalue weighted by molar-refractivity contribution is 0.0945. The molecule has 0 aliphatic heterocycles. The predicted octanol–water partition coefficient (Wildman–Crippen LogP) is 3.01. The van der Waals surface area contributed by atoms with E-state index in [4.69, 9.17) is 0 Å². The van der Waals surface area contributed by atoms with Crippen LogP contribution in [0.25, 0.3) is 0 Å². The van der Waals surface area contributed by atoms with Gasteiger partial charge in [-0.25, -0.2) is 4.98 Å². The highest BCUT2D eigenvalue weighted by Gasteiger charge is 2.06. The number of rotatable bonds is 8. The Labute approximate surface area is 131 Å². The highest BCUT2D eigenvalue weighted by Crippen LogP contribution is 2.07. The number of amides is 1. The van der Waals surface area contributed by atoms with Gasteiger partial charge in [-0.2, -0.15) is 0 Å². The van der Waals surface area contributed by atoms with E-state index in [0.717, 1.165) is 24.3 Å². The van der Waals surface area contributed by atoms with Gasteiger partial charge in [0.15, 0.2) is 0 Å². The maximum atomic E-state index is 12.0. The monoisotopic (exact) mass is 298 g/mol. The van der Waals surface area contributed by atoms with Crippen molar-refractivity contribution < 1.29 is 4.79 Å². The van der Waals surface area contributed by atoms with Gasteiger partial charge in [-0.15, -0.1) is 0 Å². The Morgan fingerprint density at radius 2 is 2.05 bits per heavy atom. The van der Waals surface area contributed by atoms with Crippen molar-refractivity contribution in [3.63, 3.8) is 0 Å². The molecule has 0 saturated carbocycles. The van der Waals surface area contributed by atoms with Gasteiger partial charge in [0.1, 0.15) is 5.69 Å². The lowest BCUT2D eigenvalue weighted by atomic mass is 10.2. The number of pyridine rings is 2. The molecule has 0 unspecified atom stereocenters. The molecule has 2 rings (SSSR count). The van der Waals surface area contributed by atoms with Crippen molar-refractivity contribution in [1.82, 2.24) is 15.3 Å². The summed E-state index contributed by atoms with van der Waals surface area (Å²) in [6.45, 7) is 3.51. The summed E-state index contributed by atoms with van der Waals surface area (Å²) >= 11 is 0. The molecule has 22 heavy (non-hydrogen) atoms. The topological polar surface area (TPSA) is 66.9 Å². The van der Waals surface area contributed by atoms with Crippen molar-refractivity contribution in [1.29, 1.82) is 0 Å². The molecule has 2 heterocycles. The van der Waals surface area contributed by atoms with Crippen LogP contribution in [0.3, 0.4) is 0 Å². The van der Waals surface area contributed by atoms with Gasteiger partial charge in [-0.3, -0.25) is 9.78 Å². The zero-order valence-corrected chi connectivity index (χ0v) is 12.9. The normalized spacial score (nSPS) is 10.2. The number of nitrogens with one attached hydrogen (secondary N) is 2. The van der Waals surface area contributed by atoms with Gasteiger partial charge in [-0.05, 0) is 30.7 Å². The van der Waals surface area contributed by atoms with Gasteiger partial charge in [0.05, 0.1) is 24.1 Å². The lowest BCUT2D eigenvalue weighted by Gasteiger charge is -2.07. The van der Waals surface area contributed by atoms with Crippen LogP contribution in [-0.2, 0) is 6.54 Å². The summed E-state index contributed by atoms with van der Waals surface area (Å²) < 4.78 is 0. The van der Waals surface area contributed by atoms with E-state index < -0.39 is 0 Å². The van der Waals surface area contributed by atoms with Crippen LogP contribution in [0.2, 0.25) is 0 Å². The minimum absolute atomic E-state index is 0.191. The summed E-state index contributed by atoms with van der Waals surface area (Å²) in [4.78, 5) is 20.4. The zero-order valence-electron chi connectivity index (χ0n) is 12.9. The lowest BCUT2D eigenvalue weighted by Crippen LogP contribution is -2.24. The van der Waals surface area contributed by atoms with Crippen LogP contribution in [0.15, 0.2) is 42.7 Å². The average Bonchev–Trinajstić information content (AvgIpc) is 2.58. The van der Waals surface area contributed by atoms with E-state index in [9.17, 15) is 4.79 Å². The molecule has 0 radical (unpaired) electrons. The summed E-state index contributed by atoms with van der Waals surface area (Å²) in [5.74, 6) is -0.191. The van der Waals surface area contributed by atoms with Crippen LogP contribution in [-0.4, -0.2) is 22.4 Å². The minimum Gasteiger partial charge on any atom is -0.384 e. The van der Waals surface area contributed by atoms with E-state index in [1.54, 1.807) is 18.5 Å². The SMILES string of the molecule is CCCCCNc1ccc(C(=O)NCc2ccccn2)nc1. The Bertz CT molecular complexity index is 569. The van der Waals surface area contributed by atoms with Gasteiger partial charge in [0.25, 0.3) is 5.91 Å². The molecule has 0 aromatic carbocycles. The smallest absolute Gasteiger partial charge is 0.270 e. The first kappa shape index (κ1) is 15.9. The summed E-state index contributed by atoms with van der Waals surface area (Å²) in [6, 6.07) is 9.23. The van der Waals surface area contributed by atoms with Crippen LogP contribution >= 0.6 is 0 Å². The van der Waals surface area contributed by atoms with Gasteiger partial charge < -0.3 is 10.6 Å². The second-order valence-corrected chi connectivity index (χ2v) is 5.07. The third-order valence-electron chi connectivity index (χ3n) is 3.26. The van der Waals surface area contributed by atoms with Crippen molar-refractivity contribution in [3.8, 4) is 0 Å². The fourth-order valence-corrected chi connectivity index (χ4v) is 2.00. The number of hydrogen-bond donors (Lipinski definition) is 2. The number of nitrogens with zero attached hydrogens (tertiary/aromatic N) is 2. The third kappa shape index (κ3) is 5.16. The molecule has 116 valence electrons. The van der Waals surface area contributed by atoms with E-state index in [1.165, 1.54) is 12.8 Å². The number of carbonyl (C=O) groups is 1. The first-order valence-corrected chi connectivity index (χ1v) is 7.67. The van der Waals surface area contributed by atoms with Crippen molar-refractivity contribution in [2.45, 2.75) is 32.7 Å². The number of anilines is 1. The van der Waals surface area contributed by atoms with E-state index in [2.05, 4.69) is 27.5 Å². The Morgan fingerprint density at radius 1 is 1.14 bits per heavy atom. The van der Waals surface area contributed by atoms with Crippen LogP contribution in [0.5, 0.6) is 0 Å². The number of unbranched alkanes of at least 4 members (excludes halogenated alkanes) is 2. The molecule has 5 nitrogen and oxygen atoms in total. The fourth-order valence-electron chi connectivity index (χ4n) is 2.00. The molecule has 0 atom stereocenters. The maximum absolute atomic E-state index is 12.0. The molecule has 1 amide bonds. The Morgan fingerprint density at radius 3 is 2.73 bits per heavy atom. The molecule has 0 fully saturated rings. The van der Waals surface area contributed by atoms with E-state index in [1.807, 2.05) is 24.3 Å². The molecule has 2 N–H and O–H groups in total. The van der Waals surface area contributed by atoms with Gasteiger partial charge in [-0.1, -0.05) is 25.8 Å². The van der Waals surface area contributed by atoms with Crippen LogP contribution in [0.1, 0.15) is 42.4 Å².